The molecular formula is C6H8N2O6. The van der Waals surface area contributed by atoms with Crippen LogP contribution >= 0.6 is 0 Å². The van der Waals surface area contributed by atoms with Crippen LogP contribution in [0, 0.1) is 20.2 Å². The van der Waals surface area contributed by atoms with E-state index in [0.29, 0.717) is 12.6 Å². The molecule has 0 bridgehead atoms. The summed E-state index contributed by atoms with van der Waals surface area (Å²) >= 11 is 0. The fourth-order valence-electron chi connectivity index (χ4n) is 0.742. The molecule has 0 aliphatic heterocycles. The lowest BCUT2D eigenvalue weighted by Crippen LogP contribution is -2.13. The van der Waals surface area contributed by atoms with E-state index in [-0.39, 0.29) is 12.0 Å². The highest BCUT2D eigenvalue weighted by atomic mass is 17.0. The minimum Gasteiger partial charge on any atom is -0.263 e. The van der Waals surface area contributed by atoms with Crippen molar-refractivity contribution in [2.75, 3.05) is 0 Å². The van der Waals surface area contributed by atoms with Gasteiger partial charge in [0.2, 0.25) is 6.20 Å². The second-order valence-electron chi connectivity index (χ2n) is 2.29. The van der Waals surface area contributed by atoms with Crippen LogP contribution in [0.5, 0.6) is 0 Å². The van der Waals surface area contributed by atoms with Gasteiger partial charge in [-0.3, -0.25) is 14.9 Å². The Morgan fingerprint density at radius 3 is 2.36 bits per heavy atom. The first kappa shape index (κ1) is 12.0. The Labute approximate surface area is 78.4 Å². The minimum atomic E-state index is -1.30. The highest BCUT2D eigenvalue weighted by Gasteiger charge is 2.16. The van der Waals surface area contributed by atoms with E-state index in [9.17, 15) is 25.0 Å². The molecule has 0 aliphatic carbocycles. The van der Waals surface area contributed by atoms with Gasteiger partial charge in [0.05, 0.1) is 10.5 Å². The number of carbonyl (C=O) groups is 1. The molecule has 0 aromatic rings. The van der Waals surface area contributed by atoms with Crippen molar-refractivity contribution in [1.82, 2.24) is 0 Å². The zero-order chi connectivity index (χ0) is 11.1. The highest BCUT2D eigenvalue weighted by Crippen LogP contribution is 2.07. The van der Waals surface area contributed by atoms with Crippen molar-refractivity contribution in [3.05, 3.63) is 32.0 Å². The van der Waals surface area contributed by atoms with Crippen molar-refractivity contribution in [2.24, 2.45) is 0 Å². The van der Waals surface area contributed by atoms with E-state index >= 15 is 0 Å². The molecule has 0 unspecified atom stereocenters. The number of hydrogen-bond acceptors (Lipinski definition) is 6. The number of hydrogen-bond donors (Lipinski definition) is 0. The van der Waals surface area contributed by atoms with E-state index in [2.05, 4.69) is 4.84 Å². The summed E-state index contributed by atoms with van der Waals surface area (Å²) < 4.78 is 0. The Bertz CT molecular complexity index is 284. The molecule has 0 heterocycles. The van der Waals surface area contributed by atoms with Crippen LogP contribution in [0.1, 0.15) is 19.8 Å². The van der Waals surface area contributed by atoms with Gasteiger partial charge in [-0.1, -0.05) is 13.3 Å². The minimum absolute atomic E-state index is 0.0631. The Balaban J connectivity index is 4.57. The molecule has 0 saturated carbocycles. The maximum Gasteiger partial charge on any atom is 0.336 e. The third kappa shape index (κ3) is 4.80. The lowest BCUT2D eigenvalue weighted by Gasteiger charge is -1.98. The second-order valence-corrected chi connectivity index (χ2v) is 2.29. The largest absolute Gasteiger partial charge is 0.336 e. The molecule has 8 heteroatoms. The smallest absolute Gasteiger partial charge is 0.263 e. The zero-order valence-corrected chi connectivity index (χ0v) is 7.34. The van der Waals surface area contributed by atoms with E-state index in [1.807, 2.05) is 0 Å². The summed E-state index contributed by atoms with van der Waals surface area (Å²) in [5, 5.41) is 18.5. The topological polar surface area (TPSA) is 113 Å². The third-order valence-electron chi connectivity index (χ3n) is 1.20. The average molecular weight is 204 g/mol. The van der Waals surface area contributed by atoms with Crippen molar-refractivity contribution >= 4 is 5.97 Å². The van der Waals surface area contributed by atoms with Crippen LogP contribution in [0.15, 0.2) is 11.8 Å². The van der Waals surface area contributed by atoms with Crippen molar-refractivity contribution < 1.29 is 19.6 Å². The van der Waals surface area contributed by atoms with Crippen LogP contribution in [-0.4, -0.2) is 16.0 Å². The predicted molar refractivity (Wildman–Crippen MR) is 43.1 cm³/mol. The van der Waals surface area contributed by atoms with Gasteiger partial charge in [0.25, 0.3) is 0 Å². The predicted octanol–water partition coefficient (Wildman–Crippen LogP) is 0.682. The molecule has 78 valence electrons. The van der Waals surface area contributed by atoms with Crippen LogP contribution in [0.25, 0.3) is 0 Å². The molecule has 14 heavy (non-hydrogen) atoms. The molecule has 0 fully saturated rings. The number of nitro groups is 1. The van der Waals surface area contributed by atoms with Crippen molar-refractivity contribution in [1.29, 1.82) is 0 Å². The summed E-state index contributed by atoms with van der Waals surface area (Å²) in [6.45, 7) is 1.67. The highest BCUT2D eigenvalue weighted by molar-refractivity contribution is 5.87. The molecule has 0 radical (unpaired) electrons. The van der Waals surface area contributed by atoms with E-state index in [4.69, 9.17) is 0 Å². The first-order valence-electron chi connectivity index (χ1n) is 3.68. The maximum atomic E-state index is 10.8. The maximum absolute atomic E-state index is 10.8. The average Bonchev–Trinajstić information content (AvgIpc) is 2.01. The molecule has 0 spiro atoms. The first-order valence-corrected chi connectivity index (χ1v) is 3.68. The molecular weight excluding hydrogens is 196 g/mol. The van der Waals surface area contributed by atoms with Gasteiger partial charge in [0.1, 0.15) is 0 Å². The summed E-state index contributed by atoms with van der Waals surface area (Å²) in [5.74, 6) is -1.30. The van der Waals surface area contributed by atoms with Gasteiger partial charge >= 0.3 is 11.1 Å². The monoisotopic (exact) mass is 204 g/mol. The number of carbonyl (C=O) groups excluding carboxylic acids is 1. The summed E-state index contributed by atoms with van der Waals surface area (Å²) in [4.78, 5) is 33.4. The lowest BCUT2D eigenvalue weighted by molar-refractivity contribution is -0.728. The van der Waals surface area contributed by atoms with Gasteiger partial charge in [0.15, 0.2) is 0 Å². The zero-order valence-electron chi connectivity index (χ0n) is 7.34. The summed E-state index contributed by atoms with van der Waals surface area (Å²) in [6, 6.07) is 0. The summed E-state index contributed by atoms with van der Waals surface area (Å²) in [6.07, 6.45) is 0.926. The van der Waals surface area contributed by atoms with Crippen LogP contribution in [-0.2, 0) is 9.63 Å². The molecule has 0 atom stereocenters. The van der Waals surface area contributed by atoms with Gasteiger partial charge in [-0.25, -0.2) is 4.84 Å². The van der Waals surface area contributed by atoms with Crippen LogP contribution in [0.2, 0.25) is 0 Å². The quantitative estimate of drug-likeness (QED) is 0.369. The normalized spacial score (nSPS) is 10.8. The molecule has 8 nitrogen and oxygen atoms in total. The SMILES string of the molecule is CCCC(=C[N+](=O)[O-])C(=O)O[N+](=O)[O-]. The molecule has 0 amide bonds. The van der Waals surface area contributed by atoms with Gasteiger partial charge in [-0.2, -0.15) is 0 Å². The van der Waals surface area contributed by atoms with Crippen LogP contribution in [0.4, 0.5) is 0 Å². The number of nitrogens with zero attached hydrogens (tertiary/aromatic N) is 2. The van der Waals surface area contributed by atoms with Crippen LogP contribution in [0.3, 0.4) is 0 Å². The van der Waals surface area contributed by atoms with E-state index in [0.717, 1.165) is 0 Å². The first-order chi connectivity index (χ1) is 6.47. The molecule has 0 aliphatic rings. The molecule has 0 rings (SSSR count). The van der Waals surface area contributed by atoms with E-state index in [1.54, 1.807) is 6.92 Å². The van der Waals surface area contributed by atoms with Gasteiger partial charge in [0, 0.05) is 0 Å². The molecule has 0 saturated heterocycles. The Hall–Kier alpha value is -1.99. The van der Waals surface area contributed by atoms with Crippen molar-refractivity contribution in [3.63, 3.8) is 0 Å². The molecule has 0 aromatic heterocycles. The molecule has 0 N–H and O–H groups in total. The van der Waals surface area contributed by atoms with Crippen molar-refractivity contribution in [3.8, 4) is 0 Å². The fraction of sp³-hybridized carbons (Fsp3) is 0.500. The summed E-state index contributed by atoms with van der Waals surface area (Å²) in [5.41, 5.74) is -0.325. The van der Waals surface area contributed by atoms with Crippen LogP contribution < -0.4 is 0 Å². The van der Waals surface area contributed by atoms with Gasteiger partial charge in [-0.05, 0) is 6.42 Å². The number of rotatable bonds is 5. The Morgan fingerprint density at radius 1 is 1.43 bits per heavy atom. The summed E-state index contributed by atoms with van der Waals surface area (Å²) in [7, 11) is 0. The Morgan fingerprint density at radius 2 is 2.00 bits per heavy atom. The fourth-order valence-corrected chi connectivity index (χ4v) is 0.742. The standard InChI is InChI=1S/C6H8N2O6/c1-2-3-5(4-7(10)11)6(9)14-8(12)13/h4H,2-3H2,1H3. The van der Waals surface area contributed by atoms with E-state index < -0.39 is 16.0 Å². The molecule has 0 aromatic carbocycles. The van der Waals surface area contributed by atoms with Gasteiger partial charge in [-0.15, -0.1) is 10.1 Å². The second kappa shape index (κ2) is 5.62. The lowest BCUT2D eigenvalue weighted by atomic mass is 10.2. The van der Waals surface area contributed by atoms with Crippen molar-refractivity contribution in [2.45, 2.75) is 19.8 Å². The van der Waals surface area contributed by atoms with E-state index in [1.165, 1.54) is 0 Å². The van der Waals surface area contributed by atoms with Gasteiger partial charge < -0.3 is 0 Å². The Kier molecular flexibility index (Phi) is 4.82. The third-order valence-corrected chi connectivity index (χ3v) is 1.20.